The van der Waals surface area contributed by atoms with Crippen molar-refractivity contribution in [1.29, 1.82) is 0 Å². The minimum Gasteiger partial charge on any atom is -0.484 e. The molecular formula is C25H34N2O2. The Morgan fingerprint density at radius 3 is 2.21 bits per heavy atom. The van der Waals surface area contributed by atoms with Gasteiger partial charge in [0, 0.05) is 6.54 Å². The third-order valence-corrected chi connectivity index (χ3v) is 5.70. The van der Waals surface area contributed by atoms with E-state index in [2.05, 4.69) is 67.4 Å². The second-order valence-electron chi connectivity index (χ2n) is 8.34. The van der Waals surface area contributed by atoms with Crippen molar-refractivity contribution >= 4 is 5.91 Å². The lowest BCUT2D eigenvalue weighted by molar-refractivity contribution is -0.123. The Labute approximate surface area is 175 Å². The van der Waals surface area contributed by atoms with Crippen molar-refractivity contribution in [2.75, 3.05) is 26.2 Å². The van der Waals surface area contributed by atoms with Crippen molar-refractivity contribution in [1.82, 2.24) is 10.2 Å². The highest BCUT2D eigenvalue weighted by molar-refractivity contribution is 5.77. The van der Waals surface area contributed by atoms with Crippen LogP contribution in [0.3, 0.4) is 0 Å². The van der Waals surface area contributed by atoms with E-state index in [9.17, 15) is 4.79 Å². The van der Waals surface area contributed by atoms with Crippen molar-refractivity contribution in [3.8, 4) is 5.75 Å². The fraction of sp³-hybridized carbons (Fsp3) is 0.480. The molecule has 1 amide bonds. The van der Waals surface area contributed by atoms with Crippen LogP contribution in [0.4, 0.5) is 0 Å². The zero-order valence-corrected chi connectivity index (χ0v) is 18.0. The fourth-order valence-corrected chi connectivity index (χ4v) is 3.84. The van der Waals surface area contributed by atoms with Crippen molar-refractivity contribution in [3.63, 3.8) is 0 Å². The summed E-state index contributed by atoms with van der Waals surface area (Å²) < 4.78 is 5.68. The maximum atomic E-state index is 12.4. The summed E-state index contributed by atoms with van der Waals surface area (Å²) in [5.74, 6) is 1.14. The van der Waals surface area contributed by atoms with E-state index in [4.69, 9.17) is 4.74 Å². The second kappa shape index (κ2) is 10.4. The highest BCUT2D eigenvalue weighted by Crippen LogP contribution is 2.24. The van der Waals surface area contributed by atoms with Crippen LogP contribution in [-0.4, -0.2) is 37.0 Å². The van der Waals surface area contributed by atoms with E-state index in [0.29, 0.717) is 12.5 Å². The first kappa shape index (κ1) is 21.4. The molecule has 0 saturated carbocycles. The first-order valence-electron chi connectivity index (χ1n) is 10.8. The van der Waals surface area contributed by atoms with Gasteiger partial charge >= 0.3 is 0 Å². The third-order valence-electron chi connectivity index (χ3n) is 5.70. The number of rotatable bonds is 8. The zero-order chi connectivity index (χ0) is 20.6. The number of hydrogen-bond acceptors (Lipinski definition) is 3. The molecular weight excluding hydrogens is 360 g/mol. The molecule has 2 aromatic rings. The van der Waals surface area contributed by atoms with E-state index in [1.165, 1.54) is 36.0 Å². The van der Waals surface area contributed by atoms with Gasteiger partial charge in [-0.25, -0.2) is 0 Å². The Morgan fingerprint density at radius 2 is 1.59 bits per heavy atom. The summed E-state index contributed by atoms with van der Waals surface area (Å²) in [6, 6.07) is 16.9. The Balaban J connectivity index is 1.55. The molecule has 0 unspecified atom stereocenters. The van der Waals surface area contributed by atoms with Crippen LogP contribution in [0, 0.1) is 6.92 Å². The molecule has 29 heavy (non-hydrogen) atoms. The van der Waals surface area contributed by atoms with Gasteiger partial charge in [0.05, 0.1) is 6.04 Å². The molecule has 1 atom stereocenters. The van der Waals surface area contributed by atoms with Crippen LogP contribution in [0.2, 0.25) is 0 Å². The molecule has 1 heterocycles. The summed E-state index contributed by atoms with van der Waals surface area (Å²) in [7, 11) is 0. The van der Waals surface area contributed by atoms with E-state index in [-0.39, 0.29) is 18.6 Å². The standard InChI is InChI=1S/C25H34N2O2/c1-19(2)21-11-13-23(14-12-21)29-18-25(28)26-17-24(27-15-5-4-6-16-27)22-9-7-20(3)8-10-22/h7-14,19,24H,4-6,15-18H2,1-3H3,(H,26,28)/t24-/m0/s1. The Morgan fingerprint density at radius 1 is 0.966 bits per heavy atom. The molecule has 0 bridgehead atoms. The van der Waals surface area contributed by atoms with Crippen LogP contribution in [0.1, 0.15) is 61.8 Å². The largest absolute Gasteiger partial charge is 0.484 e. The maximum absolute atomic E-state index is 12.4. The first-order valence-corrected chi connectivity index (χ1v) is 10.8. The molecule has 1 saturated heterocycles. The smallest absolute Gasteiger partial charge is 0.258 e. The number of likely N-dealkylation sites (tertiary alicyclic amines) is 1. The minimum absolute atomic E-state index is 0.0433. The van der Waals surface area contributed by atoms with Crippen LogP contribution in [0.15, 0.2) is 48.5 Å². The molecule has 0 spiro atoms. The summed E-state index contributed by atoms with van der Waals surface area (Å²) >= 11 is 0. The number of aryl methyl sites for hydroxylation is 1. The summed E-state index contributed by atoms with van der Waals surface area (Å²) in [5, 5.41) is 3.09. The number of nitrogens with zero attached hydrogens (tertiary/aromatic N) is 1. The number of amides is 1. The van der Waals surface area contributed by atoms with Crippen LogP contribution in [-0.2, 0) is 4.79 Å². The topological polar surface area (TPSA) is 41.6 Å². The van der Waals surface area contributed by atoms with E-state index >= 15 is 0 Å². The van der Waals surface area contributed by atoms with E-state index in [1.807, 2.05) is 12.1 Å². The molecule has 0 aromatic heterocycles. The highest BCUT2D eigenvalue weighted by Gasteiger charge is 2.22. The number of nitrogens with one attached hydrogen (secondary N) is 1. The molecule has 2 aromatic carbocycles. The number of carbonyl (C=O) groups is 1. The molecule has 4 nitrogen and oxygen atoms in total. The predicted octanol–water partition coefficient (Wildman–Crippen LogP) is 4.84. The number of piperidine rings is 1. The maximum Gasteiger partial charge on any atom is 0.258 e. The zero-order valence-electron chi connectivity index (χ0n) is 18.0. The molecule has 0 radical (unpaired) electrons. The Kier molecular flexibility index (Phi) is 7.70. The van der Waals surface area contributed by atoms with Crippen LogP contribution < -0.4 is 10.1 Å². The van der Waals surface area contributed by atoms with Crippen molar-refractivity contribution in [3.05, 3.63) is 65.2 Å². The predicted molar refractivity (Wildman–Crippen MR) is 118 cm³/mol. The van der Waals surface area contributed by atoms with Gasteiger partial charge in [-0.2, -0.15) is 0 Å². The van der Waals surface area contributed by atoms with Crippen LogP contribution in [0.5, 0.6) is 5.75 Å². The molecule has 3 rings (SSSR count). The lowest BCUT2D eigenvalue weighted by Gasteiger charge is -2.35. The van der Waals surface area contributed by atoms with Crippen molar-refractivity contribution in [2.24, 2.45) is 0 Å². The van der Waals surface area contributed by atoms with Gasteiger partial charge in [-0.1, -0.05) is 62.2 Å². The van der Waals surface area contributed by atoms with Gasteiger partial charge in [-0.05, 0) is 62.0 Å². The van der Waals surface area contributed by atoms with Crippen molar-refractivity contribution < 1.29 is 9.53 Å². The van der Waals surface area contributed by atoms with Gasteiger partial charge in [-0.3, -0.25) is 9.69 Å². The van der Waals surface area contributed by atoms with Gasteiger partial charge in [0.2, 0.25) is 0 Å². The summed E-state index contributed by atoms with van der Waals surface area (Å²) in [6.45, 7) is 9.26. The highest BCUT2D eigenvalue weighted by atomic mass is 16.5. The van der Waals surface area contributed by atoms with Crippen molar-refractivity contribution in [2.45, 2.75) is 52.0 Å². The van der Waals surface area contributed by atoms with Crippen LogP contribution in [0.25, 0.3) is 0 Å². The first-order chi connectivity index (χ1) is 14.0. The molecule has 0 aliphatic carbocycles. The third kappa shape index (κ3) is 6.33. The quantitative estimate of drug-likeness (QED) is 0.696. The Bertz CT molecular complexity index is 762. The van der Waals surface area contributed by atoms with Gasteiger partial charge in [-0.15, -0.1) is 0 Å². The number of hydrogen-bond donors (Lipinski definition) is 1. The molecule has 1 aliphatic heterocycles. The van der Waals surface area contributed by atoms with E-state index in [0.717, 1.165) is 18.8 Å². The molecule has 4 heteroatoms. The summed E-state index contributed by atoms with van der Waals surface area (Å²) in [4.78, 5) is 14.9. The molecule has 1 aliphatic rings. The number of benzene rings is 2. The van der Waals surface area contributed by atoms with Gasteiger partial charge in [0.25, 0.3) is 5.91 Å². The van der Waals surface area contributed by atoms with Crippen LogP contribution >= 0.6 is 0 Å². The molecule has 1 fully saturated rings. The summed E-state index contributed by atoms with van der Waals surface area (Å²) in [5.41, 5.74) is 3.79. The Hall–Kier alpha value is -2.33. The lowest BCUT2D eigenvalue weighted by atomic mass is 10.0. The van der Waals surface area contributed by atoms with E-state index in [1.54, 1.807) is 0 Å². The van der Waals surface area contributed by atoms with Gasteiger partial charge in [0.1, 0.15) is 5.75 Å². The second-order valence-corrected chi connectivity index (χ2v) is 8.34. The monoisotopic (exact) mass is 394 g/mol. The minimum atomic E-state index is -0.0768. The van der Waals surface area contributed by atoms with E-state index < -0.39 is 0 Å². The molecule has 156 valence electrons. The number of carbonyl (C=O) groups excluding carboxylic acids is 1. The molecule has 1 N–H and O–H groups in total. The number of ether oxygens (including phenoxy) is 1. The normalized spacial score (nSPS) is 15.9. The van der Waals surface area contributed by atoms with Gasteiger partial charge in [0.15, 0.2) is 6.61 Å². The summed E-state index contributed by atoms with van der Waals surface area (Å²) in [6.07, 6.45) is 3.75. The fourth-order valence-electron chi connectivity index (χ4n) is 3.84. The lowest BCUT2D eigenvalue weighted by Crippen LogP contribution is -2.41. The SMILES string of the molecule is Cc1ccc([C@H](CNC(=O)COc2ccc(C(C)C)cc2)N2CCCCC2)cc1. The average Bonchev–Trinajstić information content (AvgIpc) is 2.74. The average molecular weight is 395 g/mol. The van der Waals surface area contributed by atoms with Gasteiger partial charge < -0.3 is 10.1 Å².